The standard InChI is InChI=1S/C18H20ClN5O3/c1-22(2)12-3-4-14(19)13(11-12)17(25)24-9-7-23(8-10-24)16-6-5-15(18(26)27)20-21-16/h3-6,11H,7-10H2,1-2H3,(H,26,27). The molecular weight excluding hydrogens is 370 g/mol. The normalized spacial score (nSPS) is 14.2. The van der Waals surface area contributed by atoms with Crippen LogP contribution in [0.5, 0.6) is 0 Å². The highest BCUT2D eigenvalue weighted by molar-refractivity contribution is 6.34. The van der Waals surface area contributed by atoms with E-state index in [0.717, 1.165) is 5.69 Å². The van der Waals surface area contributed by atoms with Gasteiger partial charge in [-0.15, -0.1) is 10.2 Å². The second kappa shape index (κ2) is 7.79. The van der Waals surface area contributed by atoms with Gasteiger partial charge < -0.3 is 19.8 Å². The maximum atomic E-state index is 12.9. The Morgan fingerprint density at radius 3 is 2.33 bits per heavy atom. The molecule has 1 N–H and O–H groups in total. The van der Waals surface area contributed by atoms with Gasteiger partial charge in [0.2, 0.25) is 0 Å². The molecule has 1 fully saturated rings. The summed E-state index contributed by atoms with van der Waals surface area (Å²) in [6, 6.07) is 8.46. The minimum absolute atomic E-state index is 0.0945. The van der Waals surface area contributed by atoms with Crippen molar-refractivity contribution in [2.45, 2.75) is 0 Å². The predicted octanol–water partition coefficient (Wildman–Crippen LogP) is 1.86. The third-order valence-corrected chi connectivity index (χ3v) is 4.79. The number of hydrogen-bond donors (Lipinski definition) is 1. The number of amides is 1. The third kappa shape index (κ3) is 4.11. The molecule has 1 saturated heterocycles. The predicted molar refractivity (Wildman–Crippen MR) is 103 cm³/mol. The molecule has 27 heavy (non-hydrogen) atoms. The molecule has 0 aliphatic carbocycles. The number of aromatic carboxylic acids is 1. The number of carbonyl (C=O) groups excluding carboxylic acids is 1. The zero-order chi connectivity index (χ0) is 19.6. The van der Waals surface area contributed by atoms with Crippen LogP contribution in [-0.2, 0) is 0 Å². The van der Waals surface area contributed by atoms with E-state index in [1.165, 1.54) is 6.07 Å². The summed E-state index contributed by atoms with van der Waals surface area (Å²) in [5.74, 6) is -0.614. The molecular formula is C18H20ClN5O3. The van der Waals surface area contributed by atoms with Crippen molar-refractivity contribution in [1.29, 1.82) is 0 Å². The van der Waals surface area contributed by atoms with E-state index < -0.39 is 5.97 Å². The van der Waals surface area contributed by atoms with E-state index in [1.807, 2.05) is 30.0 Å². The lowest BCUT2D eigenvalue weighted by molar-refractivity contribution is 0.0687. The quantitative estimate of drug-likeness (QED) is 0.853. The topological polar surface area (TPSA) is 89.9 Å². The summed E-state index contributed by atoms with van der Waals surface area (Å²) in [5.41, 5.74) is 1.31. The van der Waals surface area contributed by atoms with Gasteiger partial charge in [0, 0.05) is 46.0 Å². The maximum Gasteiger partial charge on any atom is 0.356 e. The molecule has 9 heteroatoms. The fourth-order valence-corrected chi connectivity index (χ4v) is 3.07. The SMILES string of the molecule is CN(C)c1ccc(Cl)c(C(=O)N2CCN(c3ccc(C(=O)O)nn3)CC2)c1. The summed E-state index contributed by atoms with van der Waals surface area (Å²) in [5, 5.41) is 17.0. The monoisotopic (exact) mass is 389 g/mol. The molecule has 0 radical (unpaired) electrons. The summed E-state index contributed by atoms with van der Waals surface area (Å²) in [6.07, 6.45) is 0. The van der Waals surface area contributed by atoms with E-state index in [2.05, 4.69) is 10.2 Å². The summed E-state index contributed by atoms with van der Waals surface area (Å²) in [7, 11) is 3.82. The lowest BCUT2D eigenvalue weighted by Gasteiger charge is -2.35. The van der Waals surface area contributed by atoms with E-state index in [9.17, 15) is 9.59 Å². The largest absolute Gasteiger partial charge is 0.476 e. The van der Waals surface area contributed by atoms with Gasteiger partial charge in [-0.1, -0.05) is 11.6 Å². The number of halogens is 1. The zero-order valence-corrected chi connectivity index (χ0v) is 15.8. The van der Waals surface area contributed by atoms with Crippen molar-refractivity contribution in [3.05, 3.63) is 46.6 Å². The molecule has 8 nitrogen and oxygen atoms in total. The fourth-order valence-electron chi connectivity index (χ4n) is 2.87. The number of piperazine rings is 1. The van der Waals surface area contributed by atoms with Crippen molar-refractivity contribution in [3.63, 3.8) is 0 Å². The van der Waals surface area contributed by atoms with Gasteiger partial charge in [0.25, 0.3) is 5.91 Å². The van der Waals surface area contributed by atoms with Gasteiger partial charge in [-0.25, -0.2) is 4.79 Å². The summed E-state index contributed by atoms with van der Waals surface area (Å²) in [6.45, 7) is 2.20. The van der Waals surface area contributed by atoms with Crippen molar-refractivity contribution >= 4 is 35.0 Å². The Hall–Kier alpha value is -2.87. The molecule has 1 aliphatic rings. The number of anilines is 2. The van der Waals surface area contributed by atoms with Crippen LogP contribution in [0.25, 0.3) is 0 Å². The minimum atomic E-state index is -1.11. The highest BCUT2D eigenvalue weighted by atomic mass is 35.5. The highest BCUT2D eigenvalue weighted by Crippen LogP contribution is 2.24. The van der Waals surface area contributed by atoms with Crippen LogP contribution < -0.4 is 9.80 Å². The van der Waals surface area contributed by atoms with Crippen molar-refractivity contribution in [1.82, 2.24) is 15.1 Å². The Labute approximate surface area is 162 Å². The highest BCUT2D eigenvalue weighted by Gasteiger charge is 2.25. The van der Waals surface area contributed by atoms with Crippen molar-refractivity contribution in [2.24, 2.45) is 0 Å². The molecule has 1 aliphatic heterocycles. The first kappa shape index (κ1) is 18.9. The van der Waals surface area contributed by atoms with Gasteiger partial charge in [-0.05, 0) is 30.3 Å². The Balaban J connectivity index is 1.67. The summed E-state index contributed by atoms with van der Waals surface area (Å²) >= 11 is 6.24. The molecule has 3 rings (SSSR count). The molecule has 2 aromatic rings. The van der Waals surface area contributed by atoms with Crippen LogP contribution in [0.1, 0.15) is 20.8 Å². The Morgan fingerprint density at radius 1 is 1.07 bits per heavy atom. The zero-order valence-electron chi connectivity index (χ0n) is 15.1. The number of carboxylic acid groups (broad SMARTS) is 1. The van der Waals surface area contributed by atoms with Gasteiger partial charge in [0.1, 0.15) is 0 Å². The van der Waals surface area contributed by atoms with Crippen LogP contribution in [0.2, 0.25) is 5.02 Å². The van der Waals surface area contributed by atoms with E-state index in [-0.39, 0.29) is 11.6 Å². The van der Waals surface area contributed by atoms with Crippen LogP contribution in [0.4, 0.5) is 11.5 Å². The number of aromatic nitrogens is 2. The molecule has 2 heterocycles. The molecule has 0 bridgehead atoms. The molecule has 0 saturated carbocycles. The number of carbonyl (C=O) groups is 2. The van der Waals surface area contributed by atoms with Gasteiger partial charge in [0.15, 0.2) is 11.5 Å². The lowest BCUT2D eigenvalue weighted by Crippen LogP contribution is -2.49. The summed E-state index contributed by atoms with van der Waals surface area (Å²) in [4.78, 5) is 29.4. The van der Waals surface area contributed by atoms with Gasteiger partial charge in [-0.2, -0.15) is 0 Å². The fraction of sp³-hybridized carbons (Fsp3) is 0.333. The number of rotatable bonds is 4. The van der Waals surface area contributed by atoms with E-state index in [1.54, 1.807) is 23.1 Å². The van der Waals surface area contributed by atoms with Crippen LogP contribution >= 0.6 is 11.6 Å². The van der Waals surface area contributed by atoms with Crippen LogP contribution in [0.15, 0.2) is 30.3 Å². The smallest absolute Gasteiger partial charge is 0.356 e. The first-order valence-corrected chi connectivity index (χ1v) is 8.82. The first-order chi connectivity index (χ1) is 12.9. The van der Waals surface area contributed by atoms with Gasteiger partial charge in [-0.3, -0.25) is 4.79 Å². The van der Waals surface area contributed by atoms with Crippen molar-refractivity contribution in [2.75, 3.05) is 50.1 Å². The average Bonchev–Trinajstić information content (AvgIpc) is 2.68. The number of carboxylic acids is 1. The molecule has 1 amide bonds. The van der Waals surface area contributed by atoms with Gasteiger partial charge in [0.05, 0.1) is 10.6 Å². The molecule has 0 unspecified atom stereocenters. The van der Waals surface area contributed by atoms with Gasteiger partial charge >= 0.3 is 5.97 Å². The lowest BCUT2D eigenvalue weighted by atomic mass is 10.1. The molecule has 1 aromatic carbocycles. The molecule has 0 atom stereocenters. The molecule has 0 spiro atoms. The average molecular weight is 390 g/mol. The Kier molecular flexibility index (Phi) is 5.46. The van der Waals surface area contributed by atoms with Crippen LogP contribution in [0, 0.1) is 0 Å². The first-order valence-electron chi connectivity index (χ1n) is 8.45. The Bertz CT molecular complexity index is 849. The third-order valence-electron chi connectivity index (χ3n) is 4.46. The van der Waals surface area contributed by atoms with E-state index >= 15 is 0 Å². The summed E-state index contributed by atoms with van der Waals surface area (Å²) < 4.78 is 0. The minimum Gasteiger partial charge on any atom is -0.476 e. The van der Waals surface area contributed by atoms with E-state index in [0.29, 0.717) is 42.6 Å². The number of nitrogens with zero attached hydrogens (tertiary/aromatic N) is 5. The van der Waals surface area contributed by atoms with E-state index in [4.69, 9.17) is 16.7 Å². The second-order valence-electron chi connectivity index (χ2n) is 6.42. The Morgan fingerprint density at radius 2 is 1.78 bits per heavy atom. The molecule has 1 aromatic heterocycles. The van der Waals surface area contributed by atoms with Crippen molar-refractivity contribution < 1.29 is 14.7 Å². The van der Waals surface area contributed by atoms with Crippen LogP contribution in [0.3, 0.4) is 0 Å². The van der Waals surface area contributed by atoms with Crippen LogP contribution in [-0.4, -0.2) is 72.4 Å². The number of benzene rings is 1. The number of hydrogen-bond acceptors (Lipinski definition) is 6. The molecule has 142 valence electrons. The maximum absolute atomic E-state index is 12.9. The van der Waals surface area contributed by atoms with Crippen molar-refractivity contribution in [3.8, 4) is 0 Å². The second-order valence-corrected chi connectivity index (χ2v) is 6.83.